The molecule has 0 saturated heterocycles. The van der Waals surface area contributed by atoms with E-state index in [0.29, 0.717) is 11.1 Å². The third-order valence-corrected chi connectivity index (χ3v) is 3.03. The molecule has 0 aromatic carbocycles. The van der Waals surface area contributed by atoms with Crippen molar-refractivity contribution in [1.82, 2.24) is 20.8 Å². The second-order valence-electron chi connectivity index (χ2n) is 4.92. The molecule has 2 aromatic heterocycles. The van der Waals surface area contributed by atoms with E-state index < -0.39 is 24.0 Å². The number of pyridine rings is 2. The van der Waals surface area contributed by atoms with Gasteiger partial charge in [-0.3, -0.25) is 19.6 Å². The largest absolute Gasteiger partial charge is 0.380 e. The molecule has 0 aliphatic carbocycles. The van der Waals surface area contributed by atoms with E-state index >= 15 is 0 Å². The van der Waals surface area contributed by atoms with Crippen LogP contribution in [0, 0.1) is 0 Å². The summed E-state index contributed by atoms with van der Waals surface area (Å²) in [6.45, 7) is 0. The van der Waals surface area contributed by atoms with Gasteiger partial charge in [-0.1, -0.05) is 0 Å². The Morgan fingerprint density at radius 2 is 1.15 bits per heavy atom. The number of aliphatic hydroxyl groups excluding tert-OH is 2. The Bertz CT molecular complexity index is 714. The number of aromatic nitrogens is 2. The van der Waals surface area contributed by atoms with Gasteiger partial charge >= 0.3 is 0 Å². The van der Waals surface area contributed by atoms with E-state index in [-0.39, 0.29) is 0 Å². The maximum Gasteiger partial charge on any atom is 0.272 e. The van der Waals surface area contributed by atoms with Crippen LogP contribution in [0.4, 0.5) is 0 Å². The molecule has 0 radical (unpaired) electrons. The number of nitrogens with one attached hydrogen (secondary N) is 2. The molecule has 0 unspecified atom stereocenters. The normalized spacial score (nSPS) is 13.5. The van der Waals surface area contributed by atoms with Crippen LogP contribution in [0.2, 0.25) is 0 Å². The number of hydrazone groups is 2. The van der Waals surface area contributed by atoms with Gasteiger partial charge in [0.1, 0.15) is 0 Å². The molecule has 0 spiro atoms. The maximum absolute atomic E-state index is 11.7. The summed E-state index contributed by atoms with van der Waals surface area (Å²) < 4.78 is 0. The van der Waals surface area contributed by atoms with Gasteiger partial charge in [-0.05, 0) is 35.4 Å². The van der Waals surface area contributed by atoms with Crippen LogP contribution in [0.5, 0.6) is 0 Å². The van der Waals surface area contributed by atoms with Gasteiger partial charge in [-0.2, -0.15) is 10.2 Å². The minimum atomic E-state index is -2.01. The highest BCUT2D eigenvalue weighted by atomic mass is 16.3. The fraction of sp³-hybridized carbons (Fsp3) is 0.125. The zero-order chi connectivity index (χ0) is 18.8. The van der Waals surface area contributed by atoms with Crippen molar-refractivity contribution in [3.8, 4) is 0 Å². The van der Waals surface area contributed by atoms with Crippen LogP contribution in [0.1, 0.15) is 11.1 Å². The van der Waals surface area contributed by atoms with Crippen molar-refractivity contribution in [1.29, 1.82) is 0 Å². The zero-order valence-corrected chi connectivity index (χ0v) is 13.4. The predicted molar refractivity (Wildman–Crippen MR) is 92.0 cm³/mol. The van der Waals surface area contributed by atoms with Crippen LogP contribution in [-0.2, 0) is 9.59 Å². The Kier molecular flexibility index (Phi) is 7.04. The molecule has 0 saturated carbocycles. The van der Waals surface area contributed by atoms with Crippen LogP contribution >= 0.6 is 0 Å². The Hall–Kier alpha value is -3.50. The summed E-state index contributed by atoms with van der Waals surface area (Å²) in [7, 11) is 0. The first-order valence-corrected chi connectivity index (χ1v) is 7.40. The number of nitrogens with zero attached hydrogens (tertiary/aromatic N) is 4. The number of carbonyl (C=O) groups excluding carboxylic acids is 2. The highest BCUT2D eigenvalue weighted by Crippen LogP contribution is 1.96. The van der Waals surface area contributed by atoms with Gasteiger partial charge in [0.2, 0.25) is 0 Å². The van der Waals surface area contributed by atoms with Crippen molar-refractivity contribution in [3.05, 3.63) is 60.2 Å². The Balaban J connectivity index is 1.82. The molecule has 26 heavy (non-hydrogen) atoms. The average molecular weight is 356 g/mol. The summed E-state index contributed by atoms with van der Waals surface area (Å²) in [6, 6.07) is 6.59. The fourth-order valence-corrected chi connectivity index (χ4v) is 1.66. The number of rotatable bonds is 7. The molecule has 10 nitrogen and oxygen atoms in total. The molecule has 10 heteroatoms. The highest BCUT2D eigenvalue weighted by molar-refractivity contribution is 5.91. The molecule has 2 heterocycles. The molecule has 2 atom stereocenters. The topological polar surface area (TPSA) is 149 Å². The zero-order valence-electron chi connectivity index (χ0n) is 13.4. The lowest BCUT2D eigenvalue weighted by Crippen LogP contribution is -2.47. The van der Waals surface area contributed by atoms with E-state index in [1.165, 1.54) is 12.4 Å². The van der Waals surface area contributed by atoms with Crippen molar-refractivity contribution in [3.63, 3.8) is 0 Å². The van der Waals surface area contributed by atoms with Crippen LogP contribution in [-0.4, -0.2) is 56.6 Å². The average Bonchev–Trinajstić information content (AvgIpc) is 2.68. The fourth-order valence-electron chi connectivity index (χ4n) is 1.66. The molecule has 134 valence electrons. The first-order chi connectivity index (χ1) is 12.6. The third-order valence-electron chi connectivity index (χ3n) is 3.03. The molecule has 0 fully saturated rings. The first kappa shape index (κ1) is 18.8. The number of aliphatic hydroxyl groups is 2. The van der Waals surface area contributed by atoms with E-state index in [2.05, 4.69) is 20.2 Å². The standard InChI is InChI=1S/C16H16N6O4/c23-13(15(25)21-19-9-11-1-5-17-6-2-11)14(24)16(26)22-20-10-12-3-7-18-8-4-12/h1-10,13-14,23-24H,(H,21,25)(H,22,26)/b19-9-,20-10-/t13-,14-/m1/s1. The van der Waals surface area contributed by atoms with E-state index in [9.17, 15) is 19.8 Å². The Morgan fingerprint density at radius 3 is 1.50 bits per heavy atom. The Morgan fingerprint density at radius 1 is 0.808 bits per heavy atom. The third kappa shape index (κ3) is 5.85. The van der Waals surface area contributed by atoms with E-state index in [1.807, 2.05) is 10.9 Å². The number of carbonyl (C=O) groups is 2. The lowest BCUT2D eigenvalue weighted by molar-refractivity contribution is -0.146. The van der Waals surface area contributed by atoms with Crippen molar-refractivity contribution in [2.75, 3.05) is 0 Å². The molecule has 0 bridgehead atoms. The van der Waals surface area contributed by atoms with Crippen molar-refractivity contribution in [2.24, 2.45) is 10.2 Å². The first-order valence-electron chi connectivity index (χ1n) is 7.40. The van der Waals surface area contributed by atoms with Crippen LogP contribution < -0.4 is 10.9 Å². The molecular formula is C16H16N6O4. The summed E-state index contributed by atoms with van der Waals surface area (Å²) in [5.41, 5.74) is 5.38. The minimum absolute atomic E-state index is 0.665. The Labute approximate surface area is 148 Å². The van der Waals surface area contributed by atoms with Crippen molar-refractivity contribution in [2.45, 2.75) is 12.2 Å². The smallest absolute Gasteiger partial charge is 0.272 e. The molecule has 0 aliphatic heterocycles. The van der Waals surface area contributed by atoms with Gasteiger partial charge < -0.3 is 10.2 Å². The van der Waals surface area contributed by atoms with Crippen molar-refractivity contribution >= 4 is 24.2 Å². The number of hydrogen-bond acceptors (Lipinski definition) is 8. The lowest BCUT2D eigenvalue weighted by Gasteiger charge is -2.14. The second kappa shape index (κ2) is 9.71. The van der Waals surface area contributed by atoms with E-state index in [1.54, 1.807) is 49.1 Å². The SMILES string of the molecule is O=C(N/N=C\c1ccncc1)[C@H](O)[C@@H](O)C(=O)N/N=C\c1ccncc1. The predicted octanol–water partition coefficient (Wildman–Crippen LogP) is -1.20. The summed E-state index contributed by atoms with van der Waals surface area (Å²) in [5, 5.41) is 26.6. The molecule has 2 rings (SSSR count). The summed E-state index contributed by atoms with van der Waals surface area (Å²) in [6.07, 6.45) is 4.77. The minimum Gasteiger partial charge on any atom is -0.380 e. The van der Waals surface area contributed by atoms with Crippen LogP contribution in [0.3, 0.4) is 0 Å². The summed E-state index contributed by atoms with van der Waals surface area (Å²) in [4.78, 5) is 31.0. The van der Waals surface area contributed by atoms with Gasteiger partial charge in [0.15, 0.2) is 12.2 Å². The van der Waals surface area contributed by atoms with Gasteiger partial charge in [0.05, 0.1) is 12.4 Å². The highest BCUT2D eigenvalue weighted by Gasteiger charge is 2.30. The number of hydrogen-bond donors (Lipinski definition) is 4. The van der Waals surface area contributed by atoms with Gasteiger partial charge in [-0.25, -0.2) is 10.9 Å². The molecule has 2 amide bonds. The second-order valence-corrected chi connectivity index (χ2v) is 4.92. The monoisotopic (exact) mass is 356 g/mol. The summed E-state index contributed by atoms with van der Waals surface area (Å²) in [5.74, 6) is -2.09. The van der Waals surface area contributed by atoms with Gasteiger partial charge in [-0.15, -0.1) is 0 Å². The van der Waals surface area contributed by atoms with E-state index in [4.69, 9.17) is 0 Å². The van der Waals surface area contributed by atoms with Crippen molar-refractivity contribution < 1.29 is 19.8 Å². The van der Waals surface area contributed by atoms with Gasteiger partial charge in [0, 0.05) is 24.8 Å². The molecular weight excluding hydrogens is 340 g/mol. The molecule has 0 aliphatic rings. The van der Waals surface area contributed by atoms with Crippen LogP contribution in [0.25, 0.3) is 0 Å². The summed E-state index contributed by atoms with van der Waals surface area (Å²) >= 11 is 0. The maximum atomic E-state index is 11.7. The number of amides is 2. The lowest BCUT2D eigenvalue weighted by atomic mass is 10.2. The van der Waals surface area contributed by atoms with Gasteiger partial charge in [0.25, 0.3) is 11.8 Å². The molecule has 2 aromatic rings. The quantitative estimate of drug-likeness (QED) is 0.361. The molecule has 4 N–H and O–H groups in total. The van der Waals surface area contributed by atoms with Crippen LogP contribution in [0.15, 0.2) is 59.3 Å². The van der Waals surface area contributed by atoms with E-state index in [0.717, 1.165) is 0 Å².